The minimum absolute atomic E-state index is 0.536. The standard InChI is InChI=1S/C19H15N5O/c1-10-12(19-21-23-24-22-19)7-8-15-17(10)11(2)14-9-25-16-6-4-3-5-13(16)18(14)20-15/h3-8H,9H2,1-2H3,(H,21,22,23,24). The van der Waals surface area contributed by atoms with Crippen LogP contribution in [0.25, 0.3) is 33.5 Å². The highest BCUT2D eigenvalue weighted by molar-refractivity contribution is 5.94. The van der Waals surface area contributed by atoms with Crippen molar-refractivity contribution in [1.29, 1.82) is 0 Å². The van der Waals surface area contributed by atoms with Crippen LogP contribution in [0.15, 0.2) is 36.4 Å². The maximum atomic E-state index is 5.94. The zero-order chi connectivity index (χ0) is 17.0. The van der Waals surface area contributed by atoms with Gasteiger partial charge in [-0.25, -0.2) is 10.1 Å². The van der Waals surface area contributed by atoms with Gasteiger partial charge in [0.15, 0.2) is 5.82 Å². The SMILES string of the molecule is Cc1c(-c2nnn[nH]2)ccc2nc3c(c(C)c12)COc1ccccc1-3. The van der Waals surface area contributed by atoms with Crippen molar-refractivity contribution in [3.05, 3.63) is 53.1 Å². The Balaban J connectivity index is 1.82. The largest absolute Gasteiger partial charge is 0.488 e. The van der Waals surface area contributed by atoms with Gasteiger partial charge in [0, 0.05) is 22.1 Å². The summed E-state index contributed by atoms with van der Waals surface area (Å²) in [5.41, 5.74) is 7.47. The average Bonchev–Trinajstić information content (AvgIpc) is 3.16. The Labute approximate surface area is 143 Å². The van der Waals surface area contributed by atoms with Gasteiger partial charge >= 0.3 is 0 Å². The molecule has 0 spiro atoms. The lowest BCUT2D eigenvalue weighted by Crippen LogP contribution is -2.10. The van der Waals surface area contributed by atoms with Crippen molar-refractivity contribution in [3.63, 3.8) is 0 Å². The van der Waals surface area contributed by atoms with Crippen molar-refractivity contribution in [2.45, 2.75) is 20.5 Å². The minimum Gasteiger partial charge on any atom is -0.488 e. The Morgan fingerprint density at radius 1 is 1.00 bits per heavy atom. The first kappa shape index (κ1) is 14.1. The van der Waals surface area contributed by atoms with Crippen LogP contribution >= 0.6 is 0 Å². The number of aryl methyl sites for hydroxylation is 2. The molecule has 0 amide bonds. The Bertz CT molecular complexity index is 1120. The Morgan fingerprint density at radius 3 is 2.72 bits per heavy atom. The van der Waals surface area contributed by atoms with E-state index in [4.69, 9.17) is 9.72 Å². The maximum Gasteiger partial charge on any atom is 0.179 e. The Hall–Kier alpha value is -3.28. The van der Waals surface area contributed by atoms with Crippen LogP contribution in [0.4, 0.5) is 0 Å². The zero-order valence-corrected chi connectivity index (χ0v) is 13.9. The Morgan fingerprint density at radius 2 is 1.88 bits per heavy atom. The van der Waals surface area contributed by atoms with Crippen LogP contribution in [-0.2, 0) is 6.61 Å². The van der Waals surface area contributed by atoms with E-state index in [9.17, 15) is 0 Å². The van der Waals surface area contributed by atoms with Crippen LogP contribution < -0.4 is 4.74 Å². The number of para-hydroxylation sites is 1. The zero-order valence-electron chi connectivity index (χ0n) is 13.9. The molecule has 6 nitrogen and oxygen atoms in total. The number of hydrogen-bond acceptors (Lipinski definition) is 5. The second kappa shape index (κ2) is 5.11. The number of hydrogen-bond donors (Lipinski definition) is 1. The number of aromatic nitrogens is 5. The van der Waals surface area contributed by atoms with Crippen LogP contribution in [0, 0.1) is 13.8 Å². The first-order valence-corrected chi connectivity index (χ1v) is 8.13. The third-order valence-corrected chi connectivity index (χ3v) is 4.90. The molecule has 0 saturated heterocycles. The molecule has 1 N–H and O–H groups in total. The van der Waals surface area contributed by atoms with E-state index >= 15 is 0 Å². The third kappa shape index (κ3) is 1.97. The monoisotopic (exact) mass is 329 g/mol. The van der Waals surface area contributed by atoms with Crippen LogP contribution in [-0.4, -0.2) is 25.6 Å². The van der Waals surface area contributed by atoms with Gasteiger partial charge < -0.3 is 4.74 Å². The topological polar surface area (TPSA) is 76.6 Å². The van der Waals surface area contributed by atoms with Crippen molar-refractivity contribution in [1.82, 2.24) is 25.6 Å². The summed E-state index contributed by atoms with van der Waals surface area (Å²) in [6, 6.07) is 12.1. The van der Waals surface area contributed by atoms with Gasteiger partial charge in [-0.15, -0.1) is 5.10 Å². The maximum absolute atomic E-state index is 5.94. The molecule has 0 bridgehead atoms. The molecule has 0 saturated carbocycles. The van der Waals surface area contributed by atoms with Crippen LogP contribution in [0.3, 0.4) is 0 Å². The summed E-state index contributed by atoms with van der Waals surface area (Å²) in [7, 11) is 0. The van der Waals surface area contributed by atoms with Gasteiger partial charge in [-0.3, -0.25) is 0 Å². The minimum atomic E-state index is 0.536. The summed E-state index contributed by atoms with van der Waals surface area (Å²) in [6.45, 7) is 4.75. The van der Waals surface area contributed by atoms with Crippen molar-refractivity contribution < 1.29 is 4.74 Å². The molecule has 2 aromatic heterocycles. The van der Waals surface area contributed by atoms with E-state index in [1.165, 1.54) is 5.56 Å². The van der Waals surface area contributed by atoms with E-state index in [1.54, 1.807) is 0 Å². The van der Waals surface area contributed by atoms with Gasteiger partial charge in [0.2, 0.25) is 0 Å². The fraction of sp³-hybridized carbons (Fsp3) is 0.158. The summed E-state index contributed by atoms with van der Waals surface area (Å²) in [4.78, 5) is 4.96. The fourth-order valence-electron chi connectivity index (χ4n) is 3.65. The number of tetrazole rings is 1. The van der Waals surface area contributed by atoms with Gasteiger partial charge in [0.05, 0.1) is 11.2 Å². The molecular weight excluding hydrogens is 314 g/mol. The molecule has 122 valence electrons. The lowest BCUT2D eigenvalue weighted by Gasteiger charge is -2.23. The van der Waals surface area contributed by atoms with Gasteiger partial charge in [0.25, 0.3) is 0 Å². The molecule has 1 aliphatic rings. The number of ether oxygens (including phenoxy) is 1. The number of rotatable bonds is 1. The van der Waals surface area contributed by atoms with Crippen molar-refractivity contribution in [3.8, 4) is 28.4 Å². The first-order chi connectivity index (χ1) is 12.2. The summed E-state index contributed by atoms with van der Waals surface area (Å²) >= 11 is 0. The third-order valence-electron chi connectivity index (χ3n) is 4.90. The fourth-order valence-corrected chi connectivity index (χ4v) is 3.65. The molecule has 0 unspecified atom stereocenters. The molecule has 0 aliphatic carbocycles. The highest BCUT2D eigenvalue weighted by Gasteiger charge is 2.23. The van der Waals surface area contributed by atoms with Crippen molar-refractivity contribution in [2.24, 2.45) is 0 Å². The Kier molecular flexibility index (Phi) is 2.88. The second-order valence-electron chi connectivity index (χ2n) is 6.23. The van der Waals surface area contributed by atoms with E-state index in [0.29, 0.717) is 12.4 Å². The second-order valence-corrected chi connectivity index (χ2v) is 6.23. The number of nitrogens with one attached hydrogen (secondary N) is 1. The summed E-state index contributed by atoms with van der Waals surface area (Å²) in [5.74, 6) is 1.56. The molecule has 1 aliphatic heterocycles. The number of aromatic amines is 1. The van der Waals surface area contributed by atoms with E-state index < -0.39 is 0 Å². The van der Waals surface area contributed by atoms with E-state index in [1.807, 2.05) is 30.3 Å². The molecule has 6 heteroatoms. The summed E-state index contributed by atoms with van der Waals surface area (Å²) in [5, 5.41) is 15.4. The lowest BCUT2D eigenvalue weighted by atomic mass is 9.92. The number of fused-ring (bicyclic) bond motifs is 4. The quantitative estimate of drug-likeness (QED) is 0.577. The number of pyridine rings is 1. The van der Waals surface area contributed by atoms with Gasteiger partial charge in [0.1, 0.15) is 12.4 Å². The van der Waals surface area contributed by atoms with Crippen LogP contribution in [0.2, 0.25) is 0 Å². The summed E-state index contributed by atoms with van der Waals surface area (Å²) in [6.07, 6.45) is 0. The molecule has 0 radical (unpaired) electrons. The molecular formula is C19H15N5O. The molecule has 5 rings (SSSR count). The highest BCUT2D eigenvalue weighted by Crippen LogP contribution is 2.40. The van der Waals surface area contributed by atoms with Crippen LogP contribution in [0.5, 0.6) is 5.75 Å². The van der Waals surface area contributed by atoms with Crippen molar-refractivity contribution >= 4 is 10.9 Å². The summed E-state index contributed by atoms with van der Waals surface area (Å²) < 4.78 is 5.94. The highest BCUT2D eigenvalue weighted by atomic mass is 16.5. The normalized spacial score (nSPS) is 12.6. The van der Waals surface area contributed by atoms with Crippen molar-refractivity contribution in [2.75, 3.05) is 0 Å². The van der Waals surface area contributed by atoms with Gasteiger partial charge in [-0.05, 0) is 59.7 Å². The van der Waals surface area contributed by atoms with E-state index in [-0.39, 0.29) is 0 Å². The van der Waals surface area contributed by atoms with Gasteiger partial charge in [-0.1, -0.05) is 12.1 Å². The smallest absolute Gasteiger partial charge is 0.179 e. The first-order valence-electron chi connectivity index (χ1n) is 8.13. The van der Waals surface area contributed by atoms with E-state index in [2.05, 4.69) is 40.5 Å². The predicted molar refractivity (Wildman–Crippen MR) is 94.2 cm³/mol. The number of nitrogens with zero attached hydrogens (tertiary/aromatic N) is 4. The number of benzene rings is 2. The van der Waals surface area contributed by atoms with Crippen LogP contribution in [0.1, 0.15) is 16.7 Å². The molecule has 4 aromatic rings. The van der Waals surface area contributed by atoms with E-state index in [0.717, 1.165) is 44.6 Å². The lowest BCUT2D eigenvalue weighted by molar-refractivity contribution is 0.301. The predicted octanol–water partition coefficient (Wildman–Crippen LogP) is 3.59. The molecule has 3 heterocycles. The molecule has 2 aromatic carbocycles. The number of H-pyrrole nitrogens is 1. The average molecular weight is 329 g/mol. The molecule has 0 atom stereocenters. The van der Waals surface area contributed by atoms with Gasteiger partial charge in [-0.2, -0.15) is 0 Å². The molecule has 25 heavy (non-hydrogen) atoms. The molecule has 0 fully saturated rings.